The highest BCUT2D eigenvalue weighted by Gasteiger charge is 2.20. The molecule has 0 atom stereocenters. The second-order valence-electron chi connectivity index (χ2n) is 3.58. The predicted octanol–water partition coefficient (Wildman–Crippen LogP) is 2.99. The summed E-state index contributed by atoms with van der Waals surface area (Å²) in [4.78, 5) is 13.0. The van der Waals surface area contributed by atoms with Crippen LogP contribution < -0.4 is 4.74 Å². The van der Waals surface area contributed by atoms with Gasteiger partial charge < -0.3 is 4.74 Å². The van der Waals surface area contributed by atoms with Gasteiger partial charge in [-0.15, -0.1) is 5.10 Å². The zero-order valence-electron chi connectivity index (χ0n) is 9.94. The molecule has 0 fully saturated rings. The van der Waals surface area contributed by atoms with Crippen LogP contribution in [0.4, 0.5) is 0 Å². The number of methoxy groups -OCH3 is 1. The summed E-state index contributed by atoms with van der Waals surface area (Å²) in [6, 6.07) is 4.96. The lowest BCUT2D eigenvalue weighted by molar-refractivity contribution is 0.103. The van der Waals surface area contributed by atoms with E-state index in [0.717, 1.165) is 11.5 Å². The molecular weight excluding hydrogens is 272 g/mol. The van der Waals surface area contributed by atoms with E-state index in [2.05, 4.69) is 9.59 Å². The normalized spacial score (nSPS) is 10.4. The van der Waals surface area contributed by atoms with Gasteiger partial charge in [-0.1, -0.05) is 23.0 Å². The lowest BCUT2D eigenvalue weighted by atomic mass is 10.1. The molecule has 94 valence electrons. The number of hydrogen-bond donors (Lipinski definition) is 0. The molecule has 0 radical (unpaired) electrons. The van der Waals surface area contributed by atoms with E-state index < -0.39 is 0 Å². The number of rotatable bonds is 4. The molecule has 1 heterocycles. The molecule has 1 aromatic heterocycles. The van der Waals surface area contributed by atoms with Crippen molar-refractivity contribution in [2.24, 2.45) is 0 Å². The van der Waals surface area contributed by atoms with Gasteiger partial charge >= 0.3 is 0 Å². The number of aryl methyl sites for hydroxylation is 1. The molecule has 0 aliphatic carbocycles. The van der Waals surface area contributed by atoms with Gasteiger partial charge in [-0.25, -0.2) is 0 Å². The molecule has 2 rings (SSSR count). The van der Waals surface area contributed by atoms with Crippen molar-refractivity contribution < 1.29 is 9.53 Å². The third-order valence-electron chi connectivity index (χ3n) is 2.50. The second kappa shape index (κ2) is 5.46. The summed E-state index contributed by atoms with van der Waals surface area (Å²) in [5, 5.41) is 4.43. The highest BCUT2D eigenvalue weighted by atomic mass is 35.5. The van der Waals surface area contributed by atoms with Crippen LogP contribution in [0.5, 0.6) is 5.75 Å². The maximum absolute atomic E-state index is 12.4. The summed E-state index contributed by atoms with van der Waals surface area (Å²) >= 11 is 7.01. The van der Waals surface area contributed by atoms with Crippen LogP contribution in [0.2, 0.25) is 5.02 Å². The van der Waals surface area contributed by atoms with E-state index in [0.29, 0.717) is 33.3 Å². The molecule has 4 nitrogen and oxygen atoms in total. The zero-order valence-corrected chi connectivity index (χ0v) is 11.5. The fraction of sp³-hybridized carbons (Fsp3) is 0.250. The minimum Gasteiger partial charge on any atom is -0.496 e. The van der Waals surface area contributed by atoms with E-state index in [1.807, 2.05) is 6.92 Å². The molecule has 6 heteroatoms. The van der Waals surface area contributed by atoms with Crippen molar-refractivity contribution in [3.05, 3.63) is 39.4 Å². The van der Waals surface area contributed by atoms with Gasteiger partial charge in [0.05, 0.1) is 18.4 Å². The maximum Gasteiger partial charge on any atom is 0.210 e. The Morgan fingerprint density at radius 2 is 2.28 bits per heavy atom. The van der Waals surface area contributed by atoms with E-state index in [1.54, 1.807) is 18.2 Å². The van der Waals surface area contributed by atoms with Gasteiger partial charge in [0.15, 0.2) is 0 Å². The third-order valence-corrected chi connectivity index (χ3v) is 3.51. The Morgan fingerprint density at radius 3 is 2.94 bits per heavy atom. The van der Waals surface area contributed by atoms with Gasteiger partial charge in [0.2, 0.25) is 5.78 Å². The fourth-order valence-electron chi connectivity index (χ4n) is 1.59. The quantitative estimate of drug-likeness (QED) is 0.809. The smallest absolute Gasteiger partial charge is 0.210 e. The monoisotopic (exact) mass is 282 g/mol. The summed E-state index contributed by atoms with van der Waals surface area (Å²) in [5.74, 6) is 0.348. The standard InChI is InChI=1S/C12H11ClN2O2S/c1-3-9-12(18-15-14-9)11(16)8-6-7(13)4-5-10(8)17-2/h4-6H,3H2,1-2H3. The zero-order chi connectivity index (χ0) is 13.1. The number of halogens is 1. The van der Waals surface area contributed by atoms with Crippen LogP contribution in [0.15, 0.2) is 18.2 Å². The summed E-state index contributed by atoms with van der Waals surface area (Å²) in [5.41, 5.74) is 1.14. The first-order valence-electron chi connectivity index (χ1n) is 5.36. The van der Waals surface area contributed by atoms with Crippen LogP contribution in [-0.2, 0) is 6.42 Å². The summed E-state index contributed by atoms with van der Waals surface area (Å²) in [7, 11) is 1.52. The Morgan fingerprint density at radius 1 is 1.50 bits per heavy atom. The predicted molar refractivity (Wildman–Crippen MR) is 70.7 cm³/mol. The Labute approximate surface area is 114 Å². The summed E-state index contributed by atoms with van der Waals surface area (Å²) in [6.07, 6.45) is 0.667. The molecular formula is C12H11ClN2O2S. The van der Waals surface area contributed by atoms with Crippen molar-refractivity contribution in [1.29, 1.82) is 0 Å². The Kier molecular flexibility index (Phi) is 3.93. The largest absolute Gasteiger partial charge is 0.496 e. The SMILES string of the molecule is CCc1nnsc1C(=O)c1cc(Cl)ccc1OC. The summed E-state index contributed by atoms with van der Waals surface area (Å²) < 4.78 is 8.99. The van der Waals surface area contributed by atoms with Crippen LogP contribution in [0, 0.1) is 0 Å². The molecule has 0 amide bonds. The van der Waals surface area contributed by atoms with Crippen molar-refractivity contribution in [3.63, 3.8) is 0 Å². The molecule has 0 aliphatic rings. The van der Waals surface area contributed by atoms with Gasteiger partial charge in [-0.3, -0.25) is 4.79 Å². The topological polar surface area (TPSA) is 52.1 Å². The van der Waals surface area contributed by atoms with Crippen molar-refractivity contribution in [2.75, 3.05) is 7.11 Å². The van der Waals surface area contributed by atoms with Crippen molar-refractivity contribution >= 4 is 28.9 Å². The fourth-order valence-corrected chi connectivity index (χ4v) is 2.47. The first-order valence-corrected chi connectivity index (χ1v) is 6.52. The number of carbonyl (C=O) groups excluding carboxylic acids is 1. The number of hydrogen-bond acceptors (Lipinski definition) is 5. The minimum absolute atomic E-state index is 0.152. The highest BCUT2D eigenvalue weighted by Crippen LogP contribution is 2.27. The van der Waals surface area contributed by atoms with Crippen molar-refractivity contribution in [3.8, 4) is 5.75 Å². The van der Waals surface area contributed by atoms with E-state index in [1.165, 1.54) is 7.11 Å². The molecule has 2 aromatic rings. The minimum atomic E-state index is -0.152. The maximum atomic E-state index is 12.4. The number of aromatic nitrogens is 2. The third kappa shape index (κ3) is 2.37. The molecule has 0 spiro atoms. The second-order valence-corrected chi connectivity index (χ2v) is 4.77. The average molecular weight is 283 g/mol. The van der Waals surface area contributed by atoms with Gasteiger partial charge in [-0.05, 0) is 36.2 Å². The summed E-state index contributed by atoms with van der Waals surface area (Å²) in [6.45, 7) is 1.93. The molecule has 1 aromatic carbocycles. The highest BCUT2D eigenvalue weighted by molar-refractivity contribution is 7.08. The number of carbonyl (C=O) groups is 1. The van der Waals surface area contributed by atoms with Crippen LogP contribution in [-0.4, -0.2) is 22.5 Å². The van der Waals surface area contributed by atoms with Crippen molar-refractivity contribution in [1.82, 2.24) is 9.59 Å². The lowest BCUT2D eigenvalue weighted by Crippen LogP contribution is -2.04. The van der Waals surface area contributed by atoms with Crippen LogP contribution in [0.3, 0.4) is 0 Å². The number of nitrogens with zero attached hydrogens (tertiary/aromatic N) is 2. The lowest BCUT2D eigenvalue weighted by Gasteiger charge is -2.07. The molecule has 0 unspecified atom stereocenters. The van der Waals surface area contributed by atoms with Gasteiger partial charge in [0.25, 0.3) is 0 Å². The van der Waals surface area contributed by atoms with E-state index in [4.69, 9.17) is 16.3 Å². The van der Waals surface area contributed by atoms with Crippen LogP contribution in [0.1, 0.15) is 27.9 Å². The Bertz CT molecular complexity index is 583. The Hall–Kier alpha value is -1.46. The van der Waals surface area contributed by atoms with Crippen molar-refractivity contribution in [2.45, 2.75) is 13.3 Å². The van der Waals surface area contributed by atoms with E-state index in [9.17, 15) is 4.79 Å². The van der Waals surface area contributed by atoms with E-state index in [-0.39, 0.29) is 5.78 Å². The molecule has 0 N–H and O–H groups in total. The van der Waals surface area contributed by atoms with Crippen LogP contribution in [0.25, 0.3) is 0 Å². The number of ketones is 1. The van der Waals surface area contributed by atoms with E-state index >= 15 is 0 Å². The number of ether oxygens (including phenoxy) is 1. The van der Waals surface area contributed by atoms with Gasteiger partial charge in [0, 0.05) is 5.02 Å². The first kappa shape index (κ1) is 13.0. The first-order chi connectivity index (χ1) is 8.67. The van der Waals surface area contributed by atoms with Gasteiger partial charge in [-0.2, -0.15) is 0 Å². The number of benzene rings is 1. The molecule has 18 heavy (non-hydrogen) atoms. The molecule has 0 saturated carbocycles. The Balaban J connectivity index is 2.48. The molecule has 0 saturated heterocycles. The average Bonchev–Trinajstić information content (AvgIpc) is 2.86. The van der Waals surface area contributed by atoms with Crippen LogP contribution >= 0.6 is 23.1 Å². The van der Waals surface area contributed by atoms with Gasteiger partial charge in [0.1, 0.15) is 10.6 Å². The molecule has 0 bridgehead atoms. The molecule has 0 aliphatic heterocycles.